The summed E-state index contributed by atoms with van der Waals surface area (Å²) in [6.07, 6.45) is 3.86. The van der Waals surface area contributed by atoms with E-state index in [9.17, 15) is 13.2 Å². The zero-order valence-electron chi connectivity index (χ0n) is 19.7. The molecule has 0 atom stereocenters. The highest BCUT2D eigenvalue weighted by Crippen LogP contribution is 2.34. The minimum Gasteiger partial charge on any atom is -0.486 e. The van der Waals surface area contributed by atoms with E-state index in [1.165, 1.54) is 24.3 Å². The number of carbonyl (C=O) groups is 1. The SMILES string of the molecule is CC(C)NS(=O)(=O)c1ccc(C(=O)N(C/C=C/c2ccccc2)c2ccc3c(c2)OCCO3)cc1. The molecule has 1 N–H and O–H groups in total. The number of nitrogens with one attached hydrogen (secondary N) is 1. The first-order chi connectivity index (χ1) is 16.8. The number of hydrogen-bond donors (Lipinski definition) is 1. The number of amides is 1. The number of fused-ring (bicyclic) bond motifs is 1. The lowest BCUT2D eigenvalue weighted by atomic mass is 10.1. The van der Waals surface area contributed by atoms with Crippen molar-refractivity contribution in [2.24, 2.45) is 0 Å². The maximum absolute atomic E-state index is 13.5. The van der Waals surface area contributed by atoms with E-state index in [2.05, 4.69) is 4.72 Å². The molecule has 0 saturated carbocycles. The Bertz CT molecular complexity index is 1300. The molecule has 0 unspecified atom stereocenters. The Morgan fingerprint density at radius 1 is 0.971 bits per heavy atom. The molecule has 7 nitrogen and oxygen atoms in total. The highest BCUT2D eigenvalue weighted by Gasteiger charge is 2.21. The van der Waals surface area contributed by atoms with Crippen LogP contribution in [-0.2, 0) is 10.0 Å². The molecule has 3 aromatic rings. The second kappa shape index (κ2) is 10.8. The fourth-order valence-corrected chi connectivity index (χ4v) is 4.93. The Labute approximate surface area is 206 Å². The number of sulfonamides is 1. The van der Waals surface area contributed by atoms with Crippen molar-refractivity contribution < 1.29 is 22.7 Å². The van der Waals surface area contributed by atoms with E-state index in [4.69, 9.17) is 9.47 Å². The molecule has 3 aromatic carbocycles. The lowest BCUT2D eigenvalue weighted by molar-refractivity contribution is 0.0989. The summed E-state index contributed by atoms with van der Waals surface area (Å²) in [6.45, 7) is 4.74. The molecule has 0 aromatic heterocycles. The van der Waals surface area contributed by atoms with Gasteiger partial charge in [-0.1, -0.05) is 42.5 Å². The fourth-order valence-electron chi connectivity index (χ4n) is 3.67. The Hall–Kier alpha value is -3.62. The average Bonchev–Trinajstić information content (AvgIpc) is 2.86. The summed E-state index contributed by atoms with van der Waals surface area (Å²) in [5.74, 6) is 0.958. The van der Waals surface area contributed by atoms with Crippen molar-refractivity contribution in [2.45, 2.75) is 24.8 Å². The van der Waals surface area contributed by atoms with Crippen molar-refractivity contribution in [1.82, 2.24) is 4.72 Å². The molecule has 0 radical (unpaired) electrons. The number of carbonyl (C=O) groups excluding carboxylic acids is 1. The summed E-state index contributed by atoms with van der Waals surface area (Å²) in [7, 11) is -3.65. The van der Waals surface area contributed by atoms with Crippen molar-refractivity contribution in [1.29, 1.82) is 0 Å². The molecule has 1 amide bonds. The van der Waals surface area contributed by atoms with Gasteiger partial charge in [-0.15, -0.1) is 0 Å². The summed E-state index contributed by atoms with van der Waals surface area (Å²) < 4.78 is 38.8. The summed E-state index contributed by atoms with van der Waals surface area (Å²) in [4.78, 5) is 15.3. The minimum absolute atomic E-state index is 0.109. The van der Waals surface area contributed by atoms with Crippen molar-refractivity contribution in [2.75, 3.05) is 24.7 Å². The van der Waals surface area contributed by atoms with Crippen LogP contribution in [0.3, 0.4) is 0 Å². The number of benzene rings is 3. The van der Waals surface area contributed by atoms with Gasteiger partial charge in [0.2, 0.25) is 10.0 Å². The van der Waals surface area contributed by atoms with Crippen LogP contribution >= 0.6 is 0 Å². The zero-order valence-corrected chi connectivity index (χ0v) is 20.5. The van der Waals surface area contributed by atoms with Crippen LogP contribution in [0.2, 0.25) is 0 Å². The van der Waals surface area contributed by atoms with Crippen LogP contribution in [-0.4, -0.2) is 40.1 Å². The van der Waals surface area contributed by atoms with E-state index in [-0.39, 0.29) is 16.8 Å². The highest BCUT2D eigenvalue weighted by molar-refractivity contribution is 7.89. The Morgan fingerprint density at radius 2 is 1.66 bits per heavy atom. The normalized spacial score (nSPS) is 13.2. The third-order valence-corrected chi connectivity index (χ3v) is 6.96. The van der Waals surface area contributed by atoms with Crippen LogP contribution in [0.25, 0.3) is 6.08 Å². The van der Waals surface area contributed by atoms with E-state index in [0.29, 0.717) is 42.5 Å². The first kappa shape index (κ1) is 24.5. The standard InChI is InChI=1S/C27H28N2O5S/c1-20(2)28-35(31,32)24-13-10-22(11-14-24)27(30)29(16-6-9-21-7-4-3-5-8-21)23-12-15-25-26(19-23)34-18-17-33-25/h3-15,19-20,28H,16-18H2,1-2H3/b9-6+. The predicted octanol–water partition coefficient (Wildman–Crippen LogP) is 4.50. The Balaban J connectivity index is 1.62. The van der Waals surface area contributed by atoms with Gasteiger partial charge in [-0.2, -0.15) is 0 Å². The van der Waals surface area contributed by atoms with Crippen molar-refractivity contribution in [3.05, 3.63) is 90.0 Å². The molecule has 0 aliphatic carbocycles. The van der Waals surface area contributed by atoms with Gasteiger partial charge in [-0.05, 0) is 55.8 Å². The van der Waals surface area contributed by atoms with Crippen molar-refractivity contribution in [3.63, 3.8) is 0 Å². The average molecular weight is 493 g/mol. The number of anilines is 1. The summed E-state index contributed by atoms with van der Waals surface area (Å²) in [6, 6.07) is 20.9. The molecule has 35 heavy (non-hydrogen) atoms. The van der Waals surface area contributed by atoms with Gasteiger partial charge >= 0.3 is 0 Å². The molecule has 0 saturated heterocycles. The lowest BCUT2D eigenvalue weighted by Gasteiger charge is -2.25. The smallest absolute Gasteiger partial charge is 0.258 e. The van der Waals surface area contributed by atoms with Gasteiger partial charge in [0.05, 0.1) is 4.90 Å². The van der Waals surface area contributed by atoms with Gasteiger partial charge in [0, 0.05) is 29.9 Å². The lowest BCUT2D eigenvalue weighted by Crippen LogP contribution is -2.32. The zero-order chi connectivity index (χ0) is 24.8. The highest BCUT2D eigenvalue weighted by atomic mass is 32.2. The third kappa shape index (κ3) is 6.09. The van der Waals surface area contributed by atoms with E-state index >= 15 is 0 Å². The molecular weight excluding hydrogens is 464 g/mol. The van der Waals surface area contributed by atoms with E-state index < -0.39 is 10.0 Å². The first-order valence-corrected chi connectivity index (χ1v) is 12.9. The van der Waals surface area contributed by atoms with Gasteiger partial charge in [0.15, 0.2) is 11.5 Å². The Morgan fingerprint density at radius 3 is 2.34 bits per heavy atom. The maximum Gasteiger partial charge on any atom is 0.258 e. The van der Waals surface area contributed by atoms with Gasteiger partial charge in [0.1, 0.15) is 13.2 Å². The van der Waals surface area contributed by atoms with E-state index in [1.54, 1.807) is 30.9 Å². The number of rotatable bonds is 8. The van der Waals surface area contributed by atoms with Crippen LogP contribution in [0.1, 0.15) is 29.8 Å². The summed E-state index contributed by atoms with van der Waals surface area (Å²) in [5, 5.41) is 0. The van der Waals surface area contributed by atoms with Crippen LogP contribution < -0.4 is 19.1 Å². The quantitative estimate of drug-likeness (QED) is 0.500. The molecule has 8 heteroatoms. The van der Waals surface area contributed by atoms with Gasteiger partial charge in [-0.3, -0.25) is 4.79 Å². The second-order valence-electron chi connectivity index (χ2n) is 8.36. The molecule has 1 heterocycles. The molecule has 1 aliphatic rings. The number of nitrogens with zero attached hydrogens (tertiary/aromatic N) is 1. The van der Waals surface area contributed by atoms with Gasteiger partial charge in [0.25, 0.3) is 5.91 Å². The third-order valence-electron chi connectivity index (χ3n) is 5.28. The summed E-state index contributed by atoms with van der Waals surface area (Å²) >= 11 is 0. The van der Waals surface area contributed by atoms with Crippen LogP contribution in [0.15, 0.2) is 83.8 Å². The Kier molecular flexibility index (Phi) is 7.53. The largest absolute Gasteiger partial charge is 0.486 e. The molecule has 0 fully saturated rings. The molecule has 1 aliphatic heterocycles. The topological polar surface area (TPSA) is 84.9 Å². The monoisotopic (exact) mass is 492 g/mol. The molecule has 0 bridgehead atoms. The van der Waals surface area contributed by atoms with Crippen molar-refractivity contribution >= 4 is 27.7 Å². The molecule has 182 valence electrons. The van der Waals surface area contributed by atoms with E-state index in [0.717, 1.165) is 5.56 Å². The maximum atomic E-state index is 13.5. The molecule has 4 rings (SSSR count). The van der Waals surface area contributed by atoms with Gasteiger partial charge < -0.3 is 14.4 Å². The van der Waals surface area contributed by atoms with Crippen LogP contribution in [0, 0.1) is 0 Å². The first-order valence-electron chi connectivity index (χ1n) is 11.4. The summed E-state index contributed by atoms with van der Waals surface area (Å²) in [5.41, 5.74) is 2.04. The fraction of sp³-hybridized carbons (Fsp3) is 0.222. The number of ether oxygens (including phenoxy) is 2. The predicted molar refractivity (Wildman–Crippen MR) is 136 cm³/mol. The minimum atomic E-state index is -3.65. The molecule has 0 spiro atoms. The van der Waals surface area contributed by atoms with Crippen molar-refractivity contribution in [3.8, 4) is 11.5 Å². The van der Waals surface area contributed by atoms with E-state index in [1.807, 2.05) is 48.6 Å². The molecular formula is C27H28N2O5S. The van der Waals surface area contributed by atoms with Gasteiger partial charge in [-0.25, -0.2) is 13.1 Å². The number of hydrogen-bond acceptors (Lipinski definition) is 5. The second-order valence-corrected chi connectivity index (χ2v) is 10.1. The van der Waals surface area contributed by atoms with Crippen LogP contribution in [0.5, 0.6) is 11.5 Å². The van der Waals surface area contributed by atoms with Crippen LogP contribution in [0.4, 0.5) is 5.69 Å².